The number of furan rings is 1. The van der Waals surface area contributed by atoms with Crippen LogP contribution < -0.4 is 0 Å². The summed E-state index contributed by atoms with van der Waals surface area (Å²) in [6.45, 7) is 2.40. The van der Waals surface area contributed by atoms with Crippen molar-refractivity contribution in [3.63, 3.8) is 0 Å². The van der Waals surface area contributed by atoms with E-state index in [1.54, 1.807) is 25.4 Å². The lowest BCUT2D eigenvalue weighted by Gasteiger charge is -2.30. The Morgan fingerprint density at radius 3 is 2.44 bits per heavy atom. The molecule has 0 saturated carbocycles. The standard InChI is InChI=1S/C26H26N2O4/c1-19-9-6-7-13-22(19)26(15-23(29)27(2)18-21-12-8-14-32-21)16-24(30)28(25(26)31)17-20-10-4-3-5-11-20/h3-14H,15-18H2,1-2H3/t26-/m0/s1. The highest BCUT2D eigenvalue weighted by molar-refractivity contribution is 6.10. The number of likely N-dealkylation sites (tertiary alicyclic amines) is 1. The molecule has 164 valence electrons. The lowest BCUT2D eigenvalue weighted by Crippen LogP contribution is -2.42. The van der Waals surface area contributed by atoms with E-state index in [2.05, 4.69) is 0 Å². The van der Waals surface area contributed by atoms with Gasteiger partial charge in [0.2, 0.25) is 17.7 Å². The quantitative estimate of drug-likeness (QED) is 0.534. The molecule has 0 unspecified atom stereocenters. The van der Waals surface area contributed by atoms with Crippen molar-refractivity contribution in [1.82, 2.24) is 9.80 Å². The summed E-state index contributed by atoms with van der Waals surface area (Å²) in [7, 11) is 1.68. The molecule has 1 aromatic heterocycles. The Bertz CT molecular complexity index is 1120. The predicted octanol–water partition coefficient (Wildman–Crippen LogP) is 3.83. The molecule has 0 aliphatic carbocycles. The Morgan fingerprint density at radius 1 is 1.03 bits per heavy atom. The van der Waals surface area contributed by atoms with E-state index in [9.17, 15) is 14.4 Å². The Hall–Kier alpha value is -3.67. The fraction of sp³-hybridized carbons (Fsp3) is 0.269. The van der Waals surface area contributed by atoms with Crippen LogP contribution in [-0.2, 0) is 32.9 Å². The first kappa shape index (κ1) is 21.6. The average molecular weight is 431 g/mol. The smallest absolute Gasteiger partial charge is 0.241 e. The van der Waals surface area contributed by atoms with Crippen molar-refractivity contribution in [1.29, 1.82) is 0 Å². The minimum Gasteiger partial charge on any atom is -0.467 e. The maximum absolute atomic E-state index is 13.8. The summed E-state index contributed by atoms with van der Waals surface area (Å²) in [4.78, 5) is 42.9. The van der Waals surface area contributed by atoms with Gasteiger partial charge in [-0.25, -0.2) is 0 Å². The first-order chi connectivity index (χ1) is 15.4. The average Bonchev–Trinajstić information content (AvgIpc) is 3.37. The van der Waals surface area contributed by atoms with Crippen LogP contribution in [0.2, 0.25) is 0 Å². The SMILES string of the molecule is Cc1ccccc1[C@]1(CC(=O)N(C)Cc2ccco2)CC(=O)N(Cc2ccccc2)C1=O. The van der Waals surface area contributed by atoms with Gasteiger partial charge in [-0.15, -0.1) is 0 Å². The van der Waals surface area contributed by atoms with Crippen LogP contribution in [0.25, 0.3) is 0 Å². The molecule has 6 heteroatoms. The summed E-state index contributed by atoms with van der Waals surface area (Å²) < 4.78 is 5.35. The third kappa shape index (κ3) is 4.08. The van der Waals surface area contributed by atoms with Crippen LogP contribution in [0.3, 0.4) is 0 Å². The van der Waals surface area contributed by atoms with E-state index in [4.69, 9.17) is 4.42 Å². The third-order valence-electron chi connectivity index (χ3n) is 6.10. The maximum atomic E-state index is 13.8. The number of rotatable bonds is 7. The number of hydrogen-bond acceptors (Lipinski definition) is 4. The highest BCUT2D eigenvalue weighted by Crippen LogP contribution is 2.42. The minimum absolute atomic E-state index is 0.0240. The van der Waals surface area contributed by atoms with Crippen LogP contribution >= 0.6 is 0 Å². The molecule has 2 aromatic carbocycles. The van der Waals surface area contributed by atoms with Crippen molar-refractivity contribution in [2.75, 3.05) is 7.05 Å². The summed E-state index contributed by atoms with van der Waals surface area (Å²) in [5.74, 6) is -0.137. The van der Waals surface area contributed by atoms with Gasteiger partial charge in [-0.3, -0.25) is 19.3 Å². The number of nitrogens with zero attached hydrogens (tertiary/aromatic N) is 2. The van der Waals surface area contributed by atoms with Crippen molar-refractivity contribution in [3.8, 4) is 0 Å². The second-order valence-corrected chi connectivity index (χ2v) is 8.35. The number of hydrogen-bond donors (Lipinski definition) is 0. The molecule has 32 heavy (non-hydrogen) atoms. The Morgan fingerprint density at radius 2 is 1.75 bits per heavy atom. The van der Waals surface area contributed by atoms with Crippen LogP contribution in [0.4, 0.5) is 0 Å². The number of imide groups is 1. The summed E-state index contributed by atoms with van der Waals surface area (Å²) in [5.41, 5.74) is 1.27. The van der Waals surface area contributed by atoms with Crippen molar-refractivity contribution >= 4 is 17.7 Å². The first-order valence-electron chi connectivity index (χ1n) is 10.6. The number of amides is 3. The normalized spacial score (nSPS) is 18.2. The van der Waals surface area contributed by atoms with Gasteiger partial charge in [0.1, 0.15) is 5.76 Å². The van der Waals surface area contributed by atoms with Gasteiger partial charge in [-0.1, -0.05) is 54.6 Å². The van der Waals surface area contributed by atoms with Crippen LogP contribution in [0.5, 0.6) is 0 Å². The van der Waals surface area contributed by atoms with E-state index >= 15 is 0 Å². The second-order valence-electron chi connectivity index (χ2n) is 8.35. The van der Waals surface area contributed by atoms with Crippen molar-refractivity contribution < 1.29 is 18.8 Å². The number of aryl methyl sites for hydroxylation is 1. The number of carbonyl (C=O) groups excluding carboxylic acids is 3. The van der Waals surface area contributed by atoms with Crippen molar-refractivity contribution in [3.05, 3.63) is 95.4 Å². The minimum atomic E-state index is -1.22. The Kier molecular flexibility index (Phi) is 5.95. The Balaban J connectivity index is 1.66. The van der Waals surface area contributed by atoms with Gasteiger partial charge in [0.05, 0.1) is 24.8 Å². The molecule has 2 heterocycles. The maximum Gasteiger partial charge on any atom is 0.241 e. The molecular formula is C26H26N2O4. The van der Waals surface area contributed by atoms with E-state index in [1.165, 1.54) is 9.80 Å². The molecule has 3 aromatic rings. The topological polar surface area (TPSA) is 70.8 Å². The molecule has 0 radical (unpaired) electrons. The molecule has 0 spiro atoms. The molecule has 1 fully saturated rings. The van der Waals surface area contributed by atoms with E-state index in [0.29, 0.717) is 12.3 Å². The Labute approximate surface area is 187 Å². The highest BCUT2D eigenvalue weighted by atomic mass is 16.3. The van der Waals surface area contributed by atoms with Gasteiger partial charge >= 0.3 is 0 Å². The largest absolute Gasteiger partial charge is 0.467 e. The fourth-order valence-electron chi connectivity index (χ4n) is 4.40. The molecule has 1 aliphatic heterocycles. The molecule has 6 nitrogen and oxygen atoms in total. The summed E-state index contributed by atoms with van der Waals surface area (Å²) in [5, 5.41) is 0. The van der Waals surface area contributed by atoms with Crippen molar-refractivity contribution in [2.45, 2.75) is 38.3 Å². The lowest BCUT2D eigenvalue weighted by atomic mass is 9.74. The molecule has 3 amide bonds. The zero-order valence-corrected chi connectivity index (χ0v) is 18.3. The summed E-state index contributed by atoms with van der Waals surface area (Å²) in [6, 6.07) is 20.5. The highest BCUT2D eigenvalue weighted by Gasteiger charge is 2.54. The monoisotopic (exact) mass is 430 g/mol. The zero-order valence-electron chi connectivity index (χ0n) is 18.3. The van der Waals surface area contributed by atoms with E-state index in [1.807, 2.05) is 61.5 Å². The van der Waals surface area contributed by atoms with Gasteiger partial charge in [0, 0.05) is 19.9 Å². The molecule has 0 N–H and O–H groups in total. The lowest BCUT2D eigenvalue weighted by molar-refractivity contribution is -0.143. The second kappa shape index (κ2) is 8.83. The zero-order chi connectivity index (χ0) is 22.7. The predicted molar refractivity (Wildman–Crippen MR) is 119 cm³/mol. The molecule has 1 saturated heterocycles. The number of benzene rings is 2. The van der Waals surface area contributed by atoms with E-state index in [0.717, 1.165) is 16.7 Å². The van der Waals surface area contributed by atoms with Gasteiger partial charge in [-0.2, -0.15) is 0 Å². The molecule has 0 bridgehead atoms. The number of carbonyl (C=O) groups is 3. The van der Waals surface area contributed by atoms with Gasteiger partial charge in [0.15, 0.2) is 0 Å². The van der Waals surface area contributed by atoms with E-state index < -0.39 is 5.41 Å². The van der Waals surface area contributed by atoms with Crippen LogP contribution in [0.1, 0.15) is 35.3 Å². The molecular weight excluding hydrogens is 404 g/mol. The first-order valence-corrected chi connectivity index (χ1v) is 10.6. The summed E-state index contributed by atoms with van der Waals surface area (Å²) >= 11 is 0. The molecule has 1 aliphatic rings. The van der Waals surface area contributed by atoms with Gasteiger partial charge < -0.3 is 9.32 Å². The fourth-order valence-corrected chi connectivity index (χ4v) is 4.40. The van der Waals surface area contributed by atoms with Crippen molar-refractivity contribution in [2.24, 2.45) is 0 Å². The molecule has 4 rings (SSSR count). The van der Waals surface area contributed by atoms with E-state index in [-0.39, 0.29) is 37.1 Å². The van der Waals surface area contributed by atoms with Gasteiger partial charge in [-0.05, 0) is 35.7 Å². The van der Waals surface area contributed by atoms with Crippen LogP contribution in [0.15, 0.2) is 77.4 Å². The van der Waals surface area contributed by atoms with Crippen LogP contribution in [-0.4, -0.2) is 34.6 Å². The van der Waals surface area contributed by atoms with Gasteiger partial charge in [0.25, 0.3) is 0 Å². The third-order valence-corrected chi connectivity index (χ3v) is 6.10. The summed E-state index contributed by atoms with van der Waals surface area (Å²) in [6.07, 6.45) is 1.46. The van der Waals surface area contributed by atoms with Crippen LogP contribution in [0, 0.1) is 6.92 Å². The molecule has 1 atom stereocenters.